The molecule has 8 nitrogen and oxygen atoms in total. The molecule has 2 aromatic heterocycles. The maximum absolute atomic E-state index is 11.3. The summed E-state index contributed by atoms with van der Waals surface area (Å²) in [6.45, 7) is 0.529. The molecule has 3 N–H and O–H groups in total. The number of aryl methyl sites for hydroxylation is 1. The molecule has 17 heavy (non-hydrogen) atoms. The lowest BCUT2D eigenvalue weighted by Gasteiger charge is -2.03. The summed E-state index contributed by atoms with van der Waals surface area (Å²) in [6.07, 6.45) is 2.41. The molecule has 0 fully saturated rings. The van der Waals surface area contributed by atoms with Gasteiger partial charge in [0.1, 0.15) is 0 Å². The fourth-order valence-electron chi connectivity index (χ4n) is 1.42. The van der Waals surface area contributed by atoms with Gasteiger partial charge in [0.2, 0.25) is 5.82 Å². The molecule has 0 aliphatic rings. The van der Waals surface area contributed by atoms with Gasteiger partial charge in [-0.05, 0) is 6.07 Å². The Morgan fingerprint density at radius 2 is 2.29 bits per heavy atom. The summed E-state index contributed by atoms with van der Waals surface area (Å²) >= 11 is 0. The molecule has 0 bridgehead atoms. The van der Waals surface area contributed by atoms with Crippen molar-refractivity contribution in [1.82, 2.24) is 25.0 Å². The van der Waals surface area contributed by atoms with E-state index >= 15 is 0 Å². The van der Waals surface area contributed by atoms with Crippen LogP contribution in [0.3, 0.4) is 0 Å². The zero-order valence-electron chi connectivity index (χ0n) is 9.23. The van der Waals surface area contributed by atoms with Gasteiger partial charge in [0, 0.05) is 31.9 Å². The number of H-pyrrole nitrogens is 2. The van der Waals surface area contributed by atoms with Crippen molar-refractivity contribution in [3.8, 4) is 0 Å². The second kappa shape index (κ2) is 4.64. The Hall–Kier alpha value is -2.38. The van der Waals surface area contributed by atoms with Crippen LogP contribution < -0.4 is 16.6 Å². The SMILES string of the molecule is Cn1nccc1CCNc1n[nH]c(=O)[nH]c1=O. The van der Waals surface area contributed by atoms with Gasteiger partial charge in [0.25, 0.3) is 5.56 Å². The summed E-state index contributed by atoms with van der Waals surface area (Å²) in [6, 6.07) is 1.90. The molecule has 0 radical (unpaired) electrons. The fraction of sp³-hybridized carbons (Fsp3) is 0.333. The average Bonchev–Trinajstić information content (AvgIpc) is 2.68. The van der Waals surface area contributed by atoms with Crippen LogP contribution in [0.5, 0.6) is 0 Å². The van der Waals surface area contributed by atoms with Crippen LogP contribution in [0.15, 0.2) is 21.9 Å². The van der Waals surface area contributed by atoms with Gasteiger partial charge in [0.15, 0.2) is 0 Å². The van der Waals surface area contributed by atoms with Gasteiger partial charge >= 0.3 is 5.69 Å². The van der Waals surface area contributed by atoms with Gasteiger partial charge < -0.3 is 5.32 Å². The Bertz CT molecular complexity index is 610. The lowest BCUT2D eigenvalue weighted by atomic mass is 10.3. The van der Waals surface area contributed by atoms with Crippen LogP contribution in [-0.4, -0.2) is 31.5 Å². The topological polar surface area (TPSA) is 108 Å². The lowest BCUT2D eigenvalue weighted by Crippen LogP contribution is -2.27. The molecular formula is C9H12N6O2. The summed E-state index contributed by atoms with van der Waals surface area (Å²) in [4.78, 5) is 24.1. The first-order chi connectivity index (χ1) is 8.16. The Morgan fingerprint density at radius 3 is 2.94 bits per heavy atom. The van der Waals surface area contributed by atoms with Crippen LogP contribution >= 0.6 is 0 Å². The third kappa shape index (κ3) is 2.60. The van der Waals surface area contributed by atoms with E-state index in [1.54, 1.807) is 10.9 Å². The van der Waals surface area contributed by atoms with Gasteiger partial charge in [-0.1, -0.05) is 0 Å². The molecule has 2 rings (SSSR count). The molecule has 8 heteroatoms. The van der Waals surface area contributed by atoms with Gasteiger partial charge in [-0.25, -0.2) is 9.89 Å². The number of anilines is 1. The summed E-state index contributed by atoms with van der Waals surface area (Å²) in [5, 5.41) is 12.6. The monoisotopic (exact) mass is 236 g/mol. The molecule has 0 saturated heterocycles. The van der Waals surface area contributed by atoms with Crippen molar-refractivity contribution in [3.63, 3.8) is 0 Å². The van der Waals surface area contributed by atoms with E-state index in [1.807, 2.05) is 13.1 Å². The zero-order chi connectivity index (χ0) is 12.3. The van der Waals surface area contributed by atoms with Crippen molar-refractivity contribution < 1.29 is 0 Å². The number of aromatic nitrogens is 5. The predicted octanol–water partition coefficient (Wildman–Crippen LogP) is -1.15. The van der Waals surface area contributed by atoms with E-state index in [-0.39, 0.29) is 5.82 Å². The minimum Gasteiger partial charge on any atom is -0.364 e. The van der Waals surface area contributed by atoms with Crippen molar-refractivity contribution in [2.24, 2.45) is 7.05 Å². The average molecular weight is 236 g/mol. The van der Waals surface area contributed by atoms with Crippen molar-refractivity contribution >= 4 is 5.82 Å². The third-order valence-electron chi connectivity index (χ3n) is 2.31. The van der Waals surface area contributed by atoms with Crippen LogP contribution in [0.25, 0.3) is 0 Å². The molecule has 2 aromatic rings. The predicted molar refractivity (Wildman–Crippen MR) is 60.9 cm³/mol. The Morgan fingerprint density at radius 1 is 1.47 bits per heavy atom. The molecular weight excluding hydrogens is 224 g/mol. The minimum absolute atomic E-state index is 0.103. The van der Waals surface area contributed by atoms with E-state index in [4.69, 9.17) is 0 Å². The van der Waals surface area contributed by atoms with Crippen molar-refractivity contribution in [3.05, 3.63) is 38.8 Å². The molecule has 0 amide bonds. The highest BCUT2D eigenvalue weighted by atomic mass is 16.2. The summed E-state index contributed by atoms with van der Waals surface area (Å²) in [5.74, 6) is 0.103. The van der Waals surface area contributed by atoms with Crippen LogP contribution in [0.4, 0.5) is 5.82 Å². The molecule has 0 aliphatic carbocycles. The quantitative estimate of drug-likeness (QED) is 0.621. The number of aromatic amines is 2. The molecule has 0 aliphatic heterocycles. The normalized spacial score (nSPS) is 10.4. The van der Waals surface area contributed by atoms with E-state index in [0.29, 0.717) is 13.0 Å². The highest BCUT2D eigenvalue weighted by Crippen LogP contribution is 1.97. The summed E-state index contributed by atoms with van der Waals surface area (Å²) < 4.78 is 1.76. The Labute approximate surface area is 95.7 Å². The van der Waals surface area contributed by atoms with Crippen LogP contribution in [0, 0.1) is 0 Å². The second-order valence-corrected chi connectivity index (χ2v) is 3.48. The second-order valence-electron chi connectivity index (χ2n) is 3.48. The van der Waals surface area contributed by atoms with Gasteiger partial charge in [0.05, 0.1) is 0 Å². The number of nitrogens with one attached hydrogen (secondary N) is 3. The van der Waals surface area contributed by atoms with Gasteiger partial charge in [-0.15, -0.1) is 5.10 Å². The van der Waals surface area contributed by atoms with Crippen LogP contribution in [0.1, 0.15) is 5.69 Å². The molecule has 0 spiro atoms. The minimum atomic E-state index is -0.618. The van der Waals surface area contributed by atoms with Crippen LogP contribution in [-0.2, 0) is 13.5 Å². The first kappa shape index (κ1) is 11.1. The molecule has 0 saturated carbocycles. The standard InChI is InChI=1S/C9H12N6O2/c1-15-6(3-5-11-15)2-4-10-7-8(16)12-9(17)14-13-7/h3,5H,2,4H2,1H3,(H,10,13)(H2,12,14,16,17). The molecule has 0 unspecified atom stereocenters. The van der Waals surface area contributed by atoms with E-state index in [2.05, 4.69) is 25.6 Å². The third-order valence-corrected chi connectivity index (χ3v) is 2.31. The smallest absolute Gasteiger partial charge is 0.342 e. The van der Waals surface area contributed by atoms with Crippen LogP contribution in [0.2, 0.25) is 0 Å². The molecule has 0 aromatic carbocycles. The number of rotatable bonds is 4. The first-order valence-corrected chi connectivity index (χ1v) is 5.06. The first-order valence-electron chi connectivity index (χ1n) is 5.06. The van der Waals surface area contributed by atoms with Crippen molar-refractivity contribution in [2.45, 2.75) is 6.42 Å². The largest absolute Gasteiger partial charge is 0.364 e. The maximum Gasteiger partial charge on any atom is 0.342 e. The van der Waals surface area contributed by atoms with Gasteiger partial charge in [-0.2, -0.15) is 5.10 Å². The van der Waals surface area contributed by atoms with Crippen molar-refractivity contribution in [2.75, 3.05) is 11.9 Å². The fourth-order valence-corrected chi connectivity index (χ4v) is 1.42. The van der Waals surface area contributed by atoms with E-state index in [0.717, 1.165) is 5.69 Å². The highest BCUT2D eigenvalue weighted by Gasteiger charge is 2.02. The summed E-state index contributed by atoms with van der Waals surface area (Å²) in [7, 11) is 1.85. The highest BCUT2D eigenvalue weighted by molar-refractivity contribution is 5.28. The summed E-state index contributed by atoms with van der Waals surface area (Å²) in [5.41, 5.74) is -0.107. The Balaban J connectivity index is 1.97. The van der Waals surface area contributed by atoms with E-state index in [1.165, 1.54) is 0 Å². The Kier molecular flexibility index (Phi) is 3.03. The van der Waals surface area contributed by atoms with Gasteiger partial charge in [-0.3, -0.25) is 14.5 Å². The van der Waals surface area contributed by atoms with Crippen molar-refractivity contribution in [1.29, 1.82) is 0 Å². The zero-order valence-corrected chi connectivity index (χ0v) is 9.23. The number of nitrogens with zero attached hydrogens (tertiary/aromatic N) is 3. The molecule has 0 atom stereocenters. The maximum atomic E-state index is 11.3. The number of hydrogen-bond donors (Lipinski definition) is 3. The van der Waals surface area contributed by atoms with E-state index < -0.39 is 11.2 Å². The number of hydrogen-bond acceptors (Lipinski definition) is 5. The lowest BCUT2D eigenvalue weighted by molar-refractivity contribution is 0.710. The molecule has 2 heterocycles. The van der Waals surface area contributed by atoms with E-state index in [9.17, 15) is 9.59 Å². The molecule has 90 valence electrons.